The summed E-state index contributed by atoms with van der Waals surface area (Å²) in [5, 5.41) is 9.83. The molecule has 1 atom stereocenters. The second-order valence-corrected chi connectivity index (χ2v) is 6.83. The molecular formula is C20H28N4O3. The Morgan fingerprint density at radius 1 is 1.33 bits per heavy atom. The third-order valence-corrected chi connectivity index (χ3v) is 4.51. The van der Waals surface area contributed by atoms with Gasteiger partial charge in [-0.15, -0.1) is 0 Å². The third kappa shape index (κ3) is 6.60. The minimum absolute atomic E-state index is 0.189. The number of aryl methyl sites for hydroxylation is 2. The van der Waals surface area contributed by atoms with E-state index in [1.807, 2.05) is 43.7 Å². The highest BCUT2D eigenvalue weighted by Crippen LogP contribution is 2.18. The Kier molecular flexibility index (Phi) is 7.10. The van der Waals surface area contributed by atoms with E-state index in [0.29, 0.717) is 13.2 Å². The van der Waals surface area contributed by atoms with Gasteiger partial charge in [0.05, 0.1) is 12.3 Å². The van der Waals surface area contributed by atoms with Crippen molar-refractivity contribution in [3.63, 3.8) is 0 Å². The molecule has 7 heteroatoms. The Labute approximate surface area is 160 Å². The van der Waals surface area contributed by atoms with Crippen molar-refractivity contribution in [3.05, 3.63) is 42.2 Å². The first-order valence-corrected chi connectivity index (χ1v) is 9.56. The van der Waals surface area contributed by atoms with Crippen LogP contribution in [0.4, 0.5) is 10.5 Å². The predicted molar refractivity (Wildman–Crippen MR) is 104 cm³/mol. The molecule has 1 fully saturated rings. The van der Waals surface area contributed by atoms with Crippen molar-refractivity contribution in [1.29, 1.82) is 0 Å². The molecule has 0 bridgehead atoms. The van der Waals surface area contributed by atoms with Crippen LogP contribution < -0.4 is 15.4 Å². The lowest BCUT2D eigenvalue weighted by molar-refractivity contribution is -0.0110. The first-order chi connectivity index (χ1) is 13.2. The lowest BCUT2D eigenvalue weighted by Gasteiger charge is -2.22. The molecule has 27 heavy (non-hydrogen) atoms. The van der Waals surface area contributed by atoms with Gasteiger partial charge in [0.1, 0.15) is 12.4 Å². The van der Waals surface area contributed by atoms with Crippen LogP contribution in [0, 0.1) is 0 Å². The quantitative estimate of drug-likeness (QED) is 0.698. The monoisotopic (exact) mass is 372 g/mol. The van der Waals surface area contributed by atoms with Crippen molar-refractivity contribution in [2.24, 2.45) is 7.05 Å². The minimum Gasteiger partial charge on any atom is -0.491 e. The van der Waals surface area contributed by atoms with E-state index in [-0.39, 0.29) is 12.1 Å². The molecule has 0 radical (unpaired) electrons. The molecule has 0 saturated carbocycles. The molecule has 2 heterocycles. The highest BCUT2D eigenvalue weighted by atomic mass is 16.5. The summed E-state index contributed by atoms with van der Waals surface area (Å²) in [5.74, 6) is 0.784. The number of hydrogen-bond donors (Lipinski definition) is 2. The summed E-state index contributed by atoms with van der Waals surface area (Å²) in [4.78, 5) is 12.0. The summed E-state index contributed by atoms with van der Waals surface area (Å²) in [7, 11) is 1.90. The van der Waals surface area contributed by atoms with E-state index in [2.05, 4.69) is 15.7 Å². The van der Waals surface area contributed by atoms with E-state index < -0.39 is 0 Å². The highest BCUT2D eigenvalue weighted by Gasteiger charge is 2.14. The van der Waals surface area contributed by atoms with Gasteiger partial charge < -0.3 is 20.1 Å². The number of ether oxygens (including phenoxy) is 2. The Morgan fingerprint density at radius 3 is 2.89 bits per heavy atom. The SMILES string of the molecule is Cn1cc(CCCNC(=O)Nc2ccc(OCC3CCCCO3)cc2)cn1. The fourth-order valence-electron chi connectivity index (χ4n) is 3.03. The molecule has 1 unspecified atom stereocenters. The van der Waals surface area contributed by atoms with Gasteiger partial charge in [0.15, 0.2) is 0 Å². The molecule has 1 aromatic heterocycles. The molecule has 1 aromatic carbocycles. The Morgan fingerprint density at radius 2 is 2.19 bits per heavy atom. The lowest BCUT2D eigenvalue weighted by Crippen LogP contribution is -2.29. The highest BCUT2D eigenvalue weighted by molar-refractivity contribution is 5.89. The number of amides is 2. The molecule has 1 aliphatic rings. The topological polar surface area (TPSA) is 77.4 Å². The maximum absolute atomic E-state index is 12.0. The van der Waals surface area contributed by atoms with E-state index in [1.165, 1.54) is 12.0 Å². The van der Waals surface area contributed by atoms with Crippen LogP contribution in [-0.4, -0.2) is 41.7 Å². The Balaban J connectivity index is 1.32. The zero-order chi connectivity index (χ0) is 18.9. The van der Waals surface area contributed by atoms with E-state index in [0.717, 1.165) is 43.7 Å². The van der Waals surface area contributed by atoms with Crippen molar-refractivity contribution >= 4 is 11.7 Å². The third-order valence-electron chi connectivity index (χ3n) is 4.51. The molecular weight excluding hydrogens is 344 g/mol. The summed E-state index contributed by atoms with van der Waals surface area (Å²) < 4.78 is 13.2. The first-order valence-electron chi connectivity index (χ1n) is 9.56. The number of anilines is 1. The van der Waals surface area contributed by atoms with Crippen LogP contribution in [0.2, 0.25) is 0 Å². The number of rotatable bonds is 8. The molecule has 3 rings (SSSR count). The average molecular weight is 372 g/mol. The number of aromatic nitrogens is 2. The molecule has 2 amide bonds. The minimum atomic E-state index is -0.203. The molecule has 2 N–H and O–H groups in total. The number of nitrogens with one attached hydrogen (secondary N) is 2. The van der Waals surface area contributed by atoms with Gasteiger partial charge in [0, 0.05) is 32.1 Å². The van der Waals surface area contributed by atoms with Gasteiger partial charge in [-0.2, -0.15) is 5.10 Å². The fraction of sp³-hybridized carbons (Fsp3) is 0.500. The van der Waals surface area contributed by atoms with Crippen LogP contribution in [0.25, 0.3) is 0 Å². The van der Waals surface area contributed by atoms with Gasteiger partial charge in [-0.1, -0.05) is 0 Å². The maximum atomic E-state index is 12.0. The van der Waals surface area contributed by atoms with Gasteiger partial charge in [0.2, 0.25) is 0 Å². The van der Waals surface area contributed by atoms with Gasteiger partial charge in [-0.3, -0.25) is 4.68 Å². The number of benzene rings is 1. The zero-order valence-electron chi connectivity index (χ0n) is 15.8. The number of carbonyl (C=O) groups is 1. The second-order valence-electron chi connectivity index (χ2n) is 6.83. The van der Waals surface area contributed by atoms with E-state index >= 15 is 0 Å². The Bertz CT molecular complexity index is 708. The molecule has 0 aliphatic carbocycles. The summed E-state index contributed by atoms with van der Waals surface area (Å²) in [6.07, 6.45) is 9.19. The summed E-state index contributed by atoms with van der Waals surface area (Å²) in [6.45, 7) is 2.02. The van der Waals surface area contributed by atoms with Crippen LogP contribution in [0.1, 0.15) is 31.2 Å². The summed E-state index contributed by atoms with van der Waals surface area (Å²) in [6, 6.07) is 7.20. The van der Waals surface area contributed by atoms with E-state index in [9.17, 15) is 4.79 Å². The van der Waals surface area contributed by atoms with Gasteiger partial charge in [0.25, 0.3) is 0 Å². The largest absolute Gasteiger partial charge is 0.491 e. The number of nitrogens with zero attached hydrogens (tertiary/aromatic N) is 2. The van der Waals surface area contributed by atoms with Crippen molar-refractivity contribution in [3.8, 4) is 5.75 Å². The average Bonchev–Trinajstić information content (AvgIpc) is 3.11. The van der Waals surface area contributed by atoms with E-state index in [4.69, 9.17) is 9.47 Å². The predicted octanol–water partition coefficient (Wildman–Crippen LogP) is 3.12. The molecule has 7 nitrogen and oxygen atoms in total. The van der Waals surface area contributed by atoms with Gasteiger partial charge >= 0.3 is 6.03 Å². The Hall–Kier alpha value is -2.54. The number of carbonyl (C=O) groups excluding carboxylic acids is 1. The molecule has 2 aromatic rings. The van der Waals surface area contributed by atoms with Gasteiger partial charge in [-0.05, 0) is 61.9 Å². The zero-order valence-corrected chi connectivity index (χ0v) is 15.8. The lowest BCUT2D eigenvalue weighted by atomic mass is 10.1. The van der Waals surface area contributed by atoms with Crippen molar-refractivity contribution in [2.45, 2.75) is 38.2 Å². The smallest absolute Gasteiger partial charge is 0.319 e. The van der Waals surface area contributed by atoms with Crippen LogP contribution in [0.15, 0.2) is 36.7 Å². The van der Waals surface area contributed by atoms with Crippen molar-refractivity contribution < 1.29 is 14.3 Å². The molecule has 1 saturated heterocycles. The molecule has 1 aliphatic heterocycles. The van der Waals surface area contributed by atoms with Crippen LogP contribution in [0.5, 0.6) is 5.75 Å². The van der Waals surface area contributed by atoms with E-state index in [1.54, 1.807) is 4.68 Å². The van der Waals surface area contributed by atoms with Crippen molar-refractivity contribution in [2.75, 3.05) is 25.1 Å². The maximum Gasteiger partial charge on any atom is 0.319 e. The summed E-state index contributed by atoms with van der Waals surface area (Å²) >= 11 is 0. The fourth-order valence-corrected chi connectivity index (χ4v) is 3.03. The molecule has 146 valence electrons. The summed E-state index contributed by atoms with van der Waals surface area (Å²) in [5.41, 5.74) is 1.91. The van der Waals surface area contributed by atoms with Gasteiger partial charge in [-0.25, -0.2) is 4.79 Å². The van der Waals surface area contributed by atoms with Crippen LogP contribution >= 0.6 is 0 Å². The van der Waals surface area contributed by atoms with Crippen LogP contribution in [0.3, 0.4) is 0 Å². The number of hydrogen-bond acceptors (Lipinski definition) is 4. The molecule has 0 spiro atoms. The second kappa shape index (κ2) is 9.97. The normalized spacial score (nSPS) is 16.7. The number of urea groups is 1. The van der Waals surface area contributed by atoms with Crippen LogP contribution in [-0.2, 0) is 18.2 Å². The first kappa shape index (κ1) is 19.2. The van der Waals surface area contributed by atoms with Crippen molar-refractivity contribution in [1.82, 2.24) is 15.1 Å². The standard InChI is InChI=1S/C20H28N4O3/c1-24-14-16(13-22-24)5-4-11-21-20(25)23-17-7-9-18(10-8-17)27-15-19-6-2-3-12-26-19/h7-10,13-14,19H,2-6,11-12,15H2,1H3,(H2,21,23,25).